The molecule has 0 fully saturated rings. The summed E-state index contributed by atoms with van der Waals surface area (Å²) in [6.45, 7) is 0. The summed E-state index contributed by atoms with van der Waals surface area (Å²) in [6.07, 6.45) is 0. The fourth-order valence-electron chi connectivity index (χ4n) is 1.94. The quantitative estimate of drug-likeness (QED) is 0.286. The third kappa shape index (κ3) is 6.38. The Morgan fingerprint density at radius 1 is 1.04 bits per heavy atom. The molecule has 0 aliphatic heterocycles. The third-order valence-electron chi connectivity index (χ3n) is 3.18. The van der Waals surface area contributed by atoms with E-state index in [-0.39, 0.29) is 71.7 Å². The predicted octanol–water partition coefficient (Wildman–Crippen LogP) is -0.309. The Labute approximate surface area is 213 Å². The minimum atomic E-state index is -5.61. The van der Waals surface area contributed by atoms with Crippen LogP contribution in [-0.4, -0.2) is 9.79 Å². The van der Waals surface area contributed by atoms with E-state index >= 15 is 0 Å². The van der Waals surface area contributed by atoms with Crippen LogP contribution in [0, 0.1) is 0 Å². The molecule has 0 aliphatic rings. The average molecular weight is 536 g/mol. The average Bonchev–Trinajstić information content (AvgIpc) is 2.45. The van der Waals surface area contributed by atoms with Gasteiger partial charge >= 0.3 is 72.4 Å². The third-order valence-corrected chi connectivity index (χ3v) is 5.94. The summed E-state index contributed by atoms with van der Waals surface area (Å²) in [5, 5.41) is -0.364. The van der Waals surface area contributed by atoms with Gasteiger partial charge in [-0.05, 0) is 29.3 Å². The van der Waals surface area contributed by atoms with E-state index in [1.807, 2.05) is 24.3 Å². The van der Waals surface area contributed by atoms with Crippen LogP contribution in [0.15, 0.2) is 51.4 Å². The van der Waals surface area contributed by atoms with E-state index in [4.69, 9.17) is 9.79 Å². The van der Waals surface area contributed by atoms with Crippen molar-refractivity contribution < 1.29 is 85.1 Å². The molecule has 128 valence electrons. The molecule has 0 spiro atoms. The van der Waals surface area contributed by atoms with Crippen LogP contribution in [0.1, 0.15) is 24.8 Å². The fraction of sp³-hybridized carbons (Fsp3) is 0.143. The summed E-state index contributed by atoms with van der Waals surface area (Å²) >= 11 is 10.8. The standard InChI is InChI=1S/C14H11Br2F2O3PS.2Na.2H/c15-10-4-1-8(2-5-10)13(23)9-3-6-11(12(16)7-9)14(17,18)22(19,20)21;;;;/h1-7,13,23H,(H2,19,20,21);;;;/q;2*+1;2*-1. The smallest absolute Gasteiger partial charge is 1.00 e. The molecule has 0 amide bonds. The molecule has 3 nitrogen and oxygen atoms in total. The van der Waals surface area contributed by atoms with E-state index in [0.29, 0.717) is 5.56 Å². The number of rotatable bonds is 4. The number of hydrogen-bond donors (Lipinski definition) is 3. The summed E-state index contributed by atoms with van der Waals surface area (Å²) in [5.41, 5.74) is -3.54. The van der Waals surface area contributed by atoms with Crippen molar-refractivity contribution in [1.82, 2.24) is 0 Å². The van der Waals surface area contributed by atoms with Gasteiger partial charge in [0.2, 0.25) is 0 Å². The van der Waals surface area contributed by atoms with Crippen molar-refractivity contribution in [2.75, 3.05) is 0 Å². The molecular weight excluding hydrogens is 523 g/mol. The molecule has 11 heteroatoms. The van der Waals surface area contributed by atoms with Gasteiger partial charge in [0.1, 0.15) is 0 Å². The van der Waals surface area contributed by atoms with Crippen molar-refractivity contribution in [3.8, 4) is 0 Å². The largest absolute Gasteiger partial charge is 1.00 e. The fourth-order valence-corrected chi connectivity index (χ4v) is 3.84. The van der Waals surface area contributed by atoms with Gasteiger partial charge in [-0.3, -0.25) is 4.57 Å². The zero-order valence-corrected chi connectivity index (χ0v) is 22.3. The first-order valence-electron chi connectivity index (χ1n) is 6.21. The van der Waals surface area contributed by atoms with Crippen LogP contribution in [0.5, 0.6) is 0 Å². The predicted molar refractivity (Wildman–Crippen MR) is 97.3 cm³/mol. The molecule has 2 rings (SSSR count). The Kier molecular flexibility index (Phi) is 11.3. The molecule has 0 saturated heterocycles. The Morgan fingerprint density at radius 2 is 1.52 bits per heavy atom. The summed E-state index contributed by atoms with van der Waals surface area (Å²) in [6, 6.07) is 11.1. The molecule has 1 unspecified atom stereocenters. The molecule has 0 aliphatic carbocycles. The molecule has 0 radical (unpaired) electrons. The first kappa shape index (κ1) is 26.8. The molecule has 25 heavy (non-hydrogen) atoms. The molecule has 2 N–H and O–H groups in total. The van der Waals surface area contributed by atoms with Crippen molar-refractivity contribution >= 4 is 52.1 Å². The Morgan fingerprint density at radius 3 is 1.96 bits per heavy atom. The number of benzene rings is 2. The number of hydrogen-bond acceptors (Lipinski definition) is 2. The maximum Gasteiger partial charge on any atom is 1.00 e. The second kappa shape index (κ2) is 10.5. The van der Waals surface area contributed by atoms with Gasteiger partial charge in [0.15, 0.2) is 0 Å². The van der Waals surface area contributed by atoms with Crippen molar-refractivity contribution in [2.24, 2.45) is 0 Å². The minimum Gasteiger partial charge on any atom is -1.00 e. The van der Waals surface area contributed by atoms with Gasteiger partial charge in [0, 0.05) is 14.5 Å². The molecule has 0 heterocycles. The van der Waals surface area contributed by atoms with Crippen molar-refractivity contribution in [3.05, 3.63) is 68.1 Å². The van der Waals surface area contributed by atoms with Crippen molar-refractivity contribution in [1.29, 1.82) is 0 Å². The van der Waals surface area contributed by atoms with Crippen LogP contribution < -0.4 is 59.1 Å². The molecule has 2 aromatic carbocycles. The van der Waals surface area contributed by atoms with E-state index in [9.17, 15) is 13.3 Å². The van der Waals surface area contributed by atoms with Crippen molar-refractivity contribution in [3.63, 3.8) is 0 Å². The van der Waals surface area contributed by atoms with Crippen LogP contribution in [-0.2, 0) is 10.2 Å². The van der Waals surface area contributed by atoms with E-state index in [1.165, 1.54) is 12.1 Å². The summed E-state index contributed by atoms with van der Waals surface area (Å²) < 4.78 is 39.4. The zero-order chi connectivity index (χ0) is 17.4. The van der Waals surface area contributed by atoms with E-state index in [0.717, 1.165) is 16.1 Å². The maximum atomic E-state index is 13.8. The van der Waals surface area contributed by atoms with Gasteiger partial charge in [-0.25, -0.2) is 0 Å². The molecule has 0 aromatic heterocycles. The monoisotopic (exact) mass is 534 g/mol. The molecule has 0 saturated carbocycles. The Balaban J connectivity index is -0.00000144. The second-order valence-electron chi connectivity index (χ2n) is 4.78. The topological polar surface area (TPSA) is 57.5 Å². The molecule has 1 atom stereocenters. The van der Waals surface area contributed by atoms with Crippen LogP contribution in [0.2, 0.25) is 0 Å². The van der Waals surface area contributed by atoms with Gasteiger partial charge < -0.3 is 12.6 Å². The van der Waals surface area contributed by atoms with Gasteiger partial charge in [-0.2, -0.15) is 21.4 Å². The number of thiol groups is 1. The molecule has 0 bridgehead atoms. The molecular formula is C14H13Br2F2Na2O3PS. The minimum absolute atomic E-state index is 0. The van der Waals surface area contributed by atoms with Crippen LogP contribution in [0.3, 0.4) is 0 Å². The van der Waals surface area contributed by atoms with E-state index < -0.39 is 18.8 Å². The zero-order valence-electron chi connectivity index (χ0n) is 15.3. The number of alkyl halides is 2. The Hall–Kier alpha value is 1.76. The summed E-state index contributed by atoms with van der Waals surface area (Å²) in [5.74, 6) is 0. The van der Waals surface area contributed by atoms with E-state index in [2.05, 4.69) is 44.5 Å². The summed E-state index contributed by atoms with van der Waals surface area (Å²) in [4.78, 5) is 17.7. The van der Waals surface area contributed by atoms with Gasteiger partial charge in [-0.15, -0.1) is 0 Å². The maximum absolute atomic E-state index is 13.8. The number of halogens is 4. The van der Waals surface area contributed by atoms with Gasteiger partial charge in [0.25, 0.3) is 0 Å². The molecule has 2 aromatic rings. The first-order valence-corrected chi connectivity index (χ1v) is 9.92. The van der Waals surface area contributed by atoms with Gasteiger partial charge in [0.05, 0.1) is 5.25 Å². The van der Waals surface area contributed by atoms with E-state index in [1.54, 1.807) is 0 Å². The SMILES string of the molecule is O=P(O)(O)C(F)(F)c1ccc(C(S)c2ccc(Br)cc2)cc1Br.[H-].[H-].[Na+].[Na+]. The van der Waals surface area contributed by atoms with Gasteiger partial charge in [-0.1, -0.05) is 56.1 Å². The normalized spacial score (nSPS) is 12.8. The Bertz CT molecular complexity index is 785. The summed E-state index contributed by atoms with van der Waals surface area (Å²) in [7, 11) is -5.61. The first-order chi connectivity index (χ1) is 10.5. The van der Waals surface area contributed by atoms with Crippen LogP contribution in [0.4, 0.5) is 8.78 Å². The second-order valence-corrected chi connectivity index (χ2v) is 8.71. The van der Waals surface area contributed by atoms with Crippen LogP contribution >= 0.6 is 52.1 Å². The van der Waals surface area contributed by atoms with Crippen LogP contribution in [0.25, 0.3) is 0 Å². The van der Waals surface area contributed by atoms with Crippen molar-refractivity contribution in [2.45, 2.75) is 10.9 Å².